The summed E-state index contributed by atoms with van der Waals surface area (Å²) in [6.45, 7) is 3.17. The first-order valence-corrected chi connectivity index (χ1v) is 11.4. The van der Waals surface area contributed by atoms with Crippen LogP contribution in [0.3, 0.4) is 0 Å². The highest BCUT2D eigenvalue weighted by Gasteiger charge is 2.32. The number of carbonyl (C=O) groups excluding carboxylic acids is 4. The summed E-state index contributed by atoms with van der Waals surface area (Å²) < 4.78 is 0. The molecular weight excluding hydrogens is 490 g/mol. The number of hydrogen-bond donors (Lipinski definition) is 8. The molecule has 37 heavy (non-hydrogen) atoms. The molecule has 0 aliphatic rings. The zero-order chi connectivity index (χ0) is 28.3. The van der Waals surface area contributed by atoms with Crippen molar-refractivity contribution in [1.29, 1.82) is 0 Å². The fraction of sp³-hybridized carbons (Fsp3) is 0.478. The van der Waals surface area contributed by atoms with E-state index >= 15 is 0 Å². The number of nitrogens with one attached hydrogen (secondary N) is 3. The Hall–Kier alpha value is -4.20. The first kappa shape index (κ1) is 30.8. The van der Waals surface area contributed by atoms with Gasteiger partial charge in [-0.15, -0.1) is 0 Å². The highest BCUT2D eigenvalue weighted by molar-refractivity contribution is 5.95. The summed E-state index contributed by atoms with van der Waals surface area (Å²) in [5.74, 6) is -6.63. The van der Waals surface area contributed by atoms with Crippen LogP contribution in [0.4, 0.5) is 0 Å². The van der Waals surface area contributed by atoms with Crippen molar-refractivity contribution in [3.8, 4) is 5.75 Å². The Kier molecular flexibility index (Phi) is 12.0. The van der Waals surface area contributed by atoms with E-state index in [4.69, 9.17) is 16.6 Å². The second-order valence-electron chi connectivity index (χ2n) is 8.77. The Morgan fingerprint density at radius 2 is 1.41 bits per heavy atom. The molecule has 0 heterocycles. The van der Waals surface area contributed by atoms with Gasteiger partial charge < -0.3 is 42.7 Å². The number of amides is 4. The summed E-state index contributed by atoms with van der Waals surface area (Å²) >= 11 is 0. The number of carboxylic acid groups (broad SMARTS) is 2. The van der Waals surface area contributed by atoms with Crippen molar-refractivity contribution < 1.29 is 44.1 Å². The van der Waals surface area contributed by atoms with Crippen molar-refractivity contribution >= 4 is 35.6 Å². The van der Waals surface area contributed by atoms with Gasteiger partial charge in [0.15, 0.2) is 0 Å². The van der Waals surface area contributed by atoms with Gasteiger partial charge in [-0.3, -0.25) is 24.0 Å². The van der Waals surface area contributed by atoms with E-state index < -0.39 is 78.5 Å². The average molecular weight is 524 g/mol. The molecule has 0 saturated heterocycles. The molecule has 0 aliphatic carbocycles. The fourth-order valence-electron chi connectivity index (χ4n) is 3.24. The van der Waals surface area contributed by atoms with E-state index in [1.807, 2.05) is 0 Å². The summed E-state index contributed by atoms with van der Waals surface area (Å²) in [7, 11) is 0. The Labute approximate surface area is 212 Å². The number of carboxylic acids is 2. The molecule has 14 heteroatoms. The second kappa shape index (κ2) is 14.4. The van der Waals surface area contributed by atoms with Gasteiger partial charge in [0.1, 0.15) is 23.9 Å². The van der Waals surface area contributed by atoms with Crippen LogP contribution in [-0.2, 0) is 35.2 Å². The summed E-state index contributed by atoms with van der Waals surface area (Å²) in [5.41, 5.74) is 11.1. The first-order chi connectivity index (χ1) is 17.2. The minimum atomic E-state index is -1.45. The van der Waals surface area contributed by atoms with E-state index in [1.54, 1.807) is 13.8 Å². The zero-order valence-electron chi connectivity index (χ0n) is 20.5. The van der Waals surface area contributed by atoms with E-state index in [0.717, 1.165) is 0 Å². The van der Waals surface area contributed by atoms with Gasteiger partial charge in [0.05, 0.1) is 12.5 Å². The Morgan fingerprint density at radius 1 is 0.865 bits per heavy atom. The number of aromatic hydroxyl groups is 1. The maximum absolute atomic E-state index is 13.1. The van der Waals surface area contributed by atoms with Crippen molar-refractivity contribution in [3.05, 3.63) is 29.8 Å². The Morgan fingerprint density at radius 3 is 1.89 bits per heavy atom. The third kappa shape index (κ3) is 10.9. The summed E-state index contributed by atoms with van der Waals surface area (Å²) in [6, 6.07) is 0.264. The number of aliphatic carboxylic acids is 2. The lowest BCUT2D eigenvalue weighted by Gasteiger charge is -2.26. The molecule has 0 fully saturated rings. The van der Waals surface area contributed by atoms with E-state index in [0.29, 0.717) is 5.56 Å². The van der Waals surface area contributed by atoms with Crippen molar-refractivity contribution in [3.63, 3.8) is 0 Å². The molecule has 10 N–H and O–H groups in total. The molecule has 204 valence electrons. The third-order valence-corrected chi connectivity index (χ3v) is 5.28. The van der Waals surface area contributed by atoms with Gasteiger partial charge in [0, 0.05) is 12.8 Å². The van der Waals surface area contributed by atoms with E-state index in [1.165, 1.54) is 24.3 Å². The molecule has 4 atom stereocenters. The number of hydrogen-bond acceptors (Lipinski definition) is 8. The SMILES string of the molecule is CC(C)C(NC(=O)C(Cc1ccc(O)cc1)NC(=O)C(CCC(=O)O)NC(=O)C(N)CC(N)=O)C(=O)O. The lowest BCUT2D eigenvalue weighted by atomic mass is 10.0. The normalized spacial score (nSPS) is 14.1. The van der Waals surface area contributed by atoms with Crippen molar-refractivity contribution in [2.45, 2.75) is 63.7 Å². The standard InChI is InChI=1S/C23H33N5O9/c1-11(2)19(23(36)37)28-22(35)16(9-12-3-5-13(29)6-4-12)27-21(34)15(7-8-18(31)32)26-20(33)14(24)10-17(25)30/h3-6,11,14-16,19,29H,7-10,24H2,1-2H3,(H2,25,30)(H,26,33)(H,27,34)(H,28,35)(H,31,32)(H,36,37). The van der Waals surface area contributed by atoms with Crippen LogP contribution in [0.15, 0.2) is 24.3 Å². The molecule has 1 rings (SSSR count). The van der Waals surface area contributed by atoms with Crippen LogP contribution in [0.2, 0.25) is 0 Å². The number of phenolic OH excluding ortho intramolecular Hbond substituents is 1. The quantitative estimate of drug-likeness (QED) is 0.128. The summed E-state index contributed by atoms with van der Waals surface area (Å²) in [6.07, 6.45) is -1.53. The number of carbonyl (C=O) groups is 6. The Bertz CT molecular complexity index is 997. The van der Waals surface area contributed by atoms with E-state index in [9.17, 15) is 39.0 Å². The van der Waals surface area contributed by atoms with Gasteiger partial charge in [0.2, 0.25) is 23.6 Å². The molecule has 1 aromatic carbocycles. The minimum absolute atomic E-state index is 0.0386. The Balaban J connectivity index is 3.18. The highest BCUT2D eigenvalue weighted by Crippen LogP contribution is 2.13. The first-order valence-electron chi connectivity index (χ1n) is 11.4. The van der Waals surface area contributed by atoms with Gasteiger partial charge in [-0.2, -0.15) is 0 Å². The maximum atomic E-state index is 13.1. The van der Waals surface area contributed by atoms with E-state index in [-0.39, 0.29) is 18.6 Å². The van der Waals surface area contributed by atoms with Crippen LogP contribution < -0.4 is 27.4 Å². The predicted molar refractivity (Wildman–Crippen MR) is 129 cm³/mol. The van der Waals surface area contributed by atoms with E-state index in [2.05, 4.69) is 16.0 Å². The molecule has 1 aromatic rings. The molecule has 4 unspecified atom stereocenters. The molecule has 4 amide bonds. The van der Waals surface area contributed by atoms with Crippen LogP contribution in [0.25, 0.3) is 0 Å². The molecule has 0 spiro atoms. The van der Waals surface area contributed by atoms with Crippen molar-refractivity contribution in [2.24, 2.45) is 17.4 Å². The smallest absolute Gasteiger partial charge is 0.326 e. The predicted octanol–water partition coefficient (Wildman–Crippen LogP) is -1.80. The number of phenols is 1. The summed E-state index contributed by atoms with van der Waals surface area (Å²) in [5, 5.41) is 35.0. The van der Waals surface area contributed by atoms with Gasteiger partial charge in [0.25, 0.3) is 0 Å². The molecular formula is C23H33N5O9. The molecule has 0 saturated carbocycles. The molecule has 0 radical (unpaired) electrons. The number of rotatable bonds is 15. The van der Waals surface area contributed by atoms with Gasteiger partial charge in [-0.1, -0.05) is 26.0 Å². The molecule has 0 bridgehead atoms. The van der Waals surface area contributed by atoms with Gasteiger partial charge in [-0.05, 0) is 30.0 Å². The van der Waals surface area contributed by atoms with Crippen LogP contribution in [0, 0.1) is 5.92 Å². The average Bonchev–Trinajstić information content (AvgIpc) is 2.79. The third-order valence-electron chi connectivity index (χ3n) is 5.28. The van der Waals surface area contributed by atoms with Crippen LogP contribution in [0.5, 0.6) is 5.75 Å². The molecule has 14 nitrogen and oxygen atoms in total. The number of nitrogens with two attached hydrogens (primary N) is 2. The van der Waals surface area contributed by atoms with Crippen LogP contribution in [0.1, 0.15) is 38.7 Å². The lowest BCUT2D eigenvalue weighted by molar-refractivity contribution is -0.143. The minimum Gasteiger partial charge on any atom is -0.508 e. The largest absolute Gasteiger partial charge is 0.508 e. The van der Waals surface area contributed by atoms with Crippen LogP contribution >= 0.6 is 0 Å². The zero-order valence-corrected chi connectivity index (χ0v) is 20.5. The second-order valence-corrected chi connectivity index (χ2v) is 8.77. The topological polar surface area (TPSA) is 251 Å². The number of primary amides is 1. The molecule has 0 aliphatic heterocycles. The van der Waals surface area contributed by atoms with Gasteiger partial charge in [-0.25, -0.2) is 4.79 Å². The molecule has 0 aromatic heterocycles. The highest BCUT2D eigenvalue weighted by atomic mass is 16.4. The van der Waals surface area contributed by atoms with Crippen LogP contribution in [-0.4, -0.2) is 75.1 Å². The lowest BCUT2D eigenvalue weighted by Crippen LogP contribution is -2.58. The maximum Gasteiger partial charge on any atom is 0.326 e. The van der Waals surface area contributed by atoms with Gasteiger partial charge >= 0.3 is 11.9 Å². The number of benzene rings is 1. The monoisotopic (exact) mass is 523 g/mol. The summed E-state index contributed by atoms with van der Waals surface area (Å²) in [4.78, 5) is 72.1. The fourth-order valence-corrected chi connectivity index (χ4v) is 3.24. The van der Waals surface area contributed by atoms with Crippen molar-refractivity contribution in [2.75, 3.05) is 0 Å². The van der Waals surface area contributed by atoms with Crippen molar-refractivity contribution in [1.82, 2.24) is 16.0 Å².